The Balaban J connectivity index is 2.41. The number of carbonyl (C=O) groups excluding carboxylic acids is 1. The summed E-state index contributed by atoms with van der Waals surface area (Å²) in [6.45, 7) is 7.64. The largest absolute Gasteiger partial charge is 0.461 e. The second-order valence-electron chi connectivity index (χ2n) is 4.21. The molecular formula is C10H14O3. The minimum absolute atomic E-state index is 0.166. The molecule has 1 saturated carbocycles. The molecule has 3 nitrogen and oxygen atoms in total. The first-order valence-corrected chi connectivity index (χ1v) is 4.55. The molecule has 2 fully saturated rings. The molecule has 1 saturated heterocycles. The second kappa shape index (κ2) is 2.35. The molecule has 1 aliphatic heterocycles. The SMILES string of the molecule is C=C1C(O)CC2OC(=O)C(C)C12C. The van der Waals surface area contributed by atoms with Crippen molar-refractivity contribution >= 4 is 5.97 Å². The average molecular weight is 182 g/mol. The molecule has 4 unspecified atom stereocenters. The molecule has 0 spiro atoms. The summed E-state index contributed by atoms with van der Waals surface area (Å²) in [6.07, 6.45) is -0.172. The van der Waals surface area contributed by atoms with Crippen LogP contribution in [0.25, 0.3) is 0 Å². The van der Waals surface area contributed by atoms with Gasteiger partial charge in [-0.25, -0.2) is 0 Å². The highest BCUT2D eigenvalue weighted by Gasteiger charge is 2.59. The molecule has 1 heterocycles. The number of fused-ring (bicyclic) bond motifs is 1. The van der Waals surface area contributed by atoms with Crippen LogP contribution in [0.5, 0.6) is 0 Å². The maximum Gasteiger partial charge on any atom is 0.309 e. The Labute approximate surface area is 77.4 Å². The molecule has 0 aromatic rings. The van der Waals surface area contributed by atoms with Gasteiger partial charge >= 0.3 is 5.97 Å². The van der Waals surface area contributed by atoms with Gasteiger partial charge in [-0.1, -0.05) is 20.4 Å². The van der Waals surface area contributed by atoms with E-state index in [-0.39, 0.29) is 23.4 Å². The lowest BCUT2D eigenvalue weighted by molar-refractivity contribution is -0.144. The number of carbonyl (C=O) groups is 1. The smallest absolute Gasteiger partial charge is 0.309 e. The van der Waals surface area contributed by atoms with Gasteiger partial charge in [0.05, 0.1) is 12.0 Å². The quantitative estimate of drug-likeness (QED) is 0.446. The van der Waals surface area contributed by atoms with Crippen LogP contribution in [0.3, 0.4) is 0 Å². The summed E-state index contributed by atoms with van der Waals surface area (Å²) < 4.78 is 5.18. The Kier molecular flexibility index (Phi) is 1.58. The maximum absolute atomic E-state index is 11.3. The van der Waals surface area contributed by atoms with Gasteiger partial charge in [-0.05, 0) is 5.57 Å². The van der Waals surface area contributed by atoms with Crippen molar-refractivity contribution in [3.63, 3.8) is 0 Å². The fourth-order valence-corrected chi connectivity index (χ4v) is 2.37. The van der Waals surface area contributed by atoms with Gasteiger partial charge in [0, 0.05) is 11.8 Å². The third-order valence-electron chi connectivity index (χ3n) is 3.71. The Hall–Kier alpha value is -0.830. The van der Waals surface area contributed by atoms with Gasteiger partial charge in [0.2, 0.25) is 0 Å². The number of rotatable bonds is 0. The summed E-state index contributed by atoms with van der Waals surface area (Å²) in [4.78, 5) is 11.3. The van der Waals surface area contributed by atoms with Crippen molar-refractivity contribution in [2.45, 2.75) is 32.5 Å². The van der Waals surface area contributed by atoms with Gasteiger partial charge in [0.1, 0.15) is 6.10 Å². The van der Waals surface area contributed by atoms with Crippen molar-refractivity contribution in [1.29, 1.82) is 0 Å². The van der Waals surface area contributed by atoms with Gasteiger partial charge in [-0.2, -0.15) is 0 Å². The number of hydrogen-bond acceptors (Lipinski definition) is 3. The van der Waals surface area contributed by atoms with E-state index in [1.807, 2.05) is 13.8 Å². The van der Waals surface area contributed by atoms with E-state index in [9.17, 15) is 9.90 Å². The number of hydrogen-bond donors (Lipinski definition) is 1. The Morgan fingerprint density at radius 2 is 2.31 bits per heavy atom. The van der Waals surface area contributed by atoms with Gasteiger partial charge in [0.15, 0.2) is 0 Å². The predicted octanol–water partition coefficient (Wildman–Crippen LogP) is 0.875. The van der Waals surface area contributed by atoms with Crippen LogP contribution in [0.1, 0.15) is 20.3 Å². The Morgan fingerprint density at radius 3 is 2.85 bits per heavy atom. The molecule has 13 heavy (non-hydrogen) atoms. The monoisotopic (exact) mass is 182 g/mol. The van der Waals surface area contributed by atoms with Crippen molar-refractivity contribution < 1.29 is 14.6 Å². The maximum atomic E-state index is 11.3. The molecule has 2 rings (SSSR count). The number of aliphatic hydroxyl groups is 1. The first-order chi connectivity index (χ1) is 5.98. The summed E-state index contributed by atoms with van der Waals surface area (Å²) >= 11 is 0. The van der Waals surface area contributed by atoms with Gasteiger partial charge in [-0.15, -0.1) is 0 Å². The summed E-state index contributed by atoms with van der Waals surface area (Å²) in [7, 11) is 0. The van der Waals surface area contributed by atoms with Crippen LogP contribution in [-0.2, 0) is 9.53 Å². The zero-order chi connectivity index (χ0) is 9.80. The topological polar surface area (TPSA) is 46.5 Å². The van der Waals surface area contributed by atoms with Crippen LogP contribution in [-0.4, -0.2) is 23.3 Å². The average Bonchev–Trinajstić information content (AvgIpc) is 2.41. The van der Waals surface area contributed by atoms with Crippen LogP contribution in [0.15, 0.2) is 12.2 Å². The molecule has 0 aromatic heterocycles. The normalized spacial score (nSPS) is 49.3. The fourth-order valence-electron chi connectivity index (χ4n) is 2.37. The Bertz CT molecular complexity index is 284. The second-order valence-corrected chi connectivity index (χ2v) is 4.21. The summed E-state index contributed by atoms with van der Waals surface area (Å²) in [6, 6.07) is 0. The van der Waals surface area contributed by atoms with Gasteiger partial charge in [0.25, 0.3) is 0 Å². The first-order valence-electron chi connectivity index (χ1n) is 4.55. The number of esters is 1. The van der Waals surface area contributed by atoms with E-state index in [0.29, 0.717) is 6.42 Å². The standard InChI is InChI=1S/C10H14O3/c1-5-7(11)4-8-10(5,3)6(2)9(12)13-8/h6-8,11H,1,4H2,2-3H3. The zero-order valence-corrected chi connectivity index (χ0v) is 7.91. The van der Waals surface area contributed by atoms with Crippen LogP contribution in [0, 0.1) is 11.3 Å². The predicted molar refractivity (Wildman–Crippen MR) is 46.9 cm³/mol. The molecule has 1 N–H and O–H groups in total. The van der Waals surface area contributed by atoms with Crippen molar-refractivity contribution in [1.82, 2.24) is 0 Å². The van der Waals surface area contributed by atoms with E-state index >= 15 is 0 Å². The zero-order valence-electron chi connectivity index (χ0n) is 7.91. The molecule has 1 aliphatic carbocycles. The van der Waals surface area contributed by atoms with E-state index in [1.165, 1.54) is 0 Å². The van der Waals surface area contributed by atoms with E-state index in [2.05, 4.69) is 6.58 Å². The third kappa shape index (κ3) is 0.854. The van der Waals surface area contributed by atoms with E-state index in [1.54, 1.807) is 0 Å². The van der Waals surface area contributed by atoms with Crippen molar-refractivity contribution in [2.24, 2.45) is 11.3 Å². The van der Waals surface area contributed by atoms with Crippen molar-refractivity contribution in [3.05, 3.63) is 12.2 Å². The molecular weight excluding hydrogens is 168 g/mol. The molecule has 2 aliphatic rings. The molecule has 0 aromatic carbocycles. The molecule has 0 amide bonds. The van der Waals surface area contributed by atoms with Gasteiger partial charge in [-0.3, -0.25) is 4.79 Å². The van der Waals surface area contributed by atoms with Crippen LogP contribution in [0.2, 0.25) is 0 Å². The molecule has 0 radical (unpaired) electrons. The Morgan fingerprint density at radius 1 is 1.69 bits per heavy atom. The first kappa shape index (κ1) is 8.75. The highest BCUT2D eigenvalue weighted by Crippen LogP contribution is 2.53. The van der Waals surface area contributed by atoms with Crippen LogP contribution < -0.4 is 0 Å². The van der Waals surface area contributed by atoms with Crippen molar-refractivity contribution in [3.8, 4) is 0 Å². The molecule has 72 valence electrons. The van der Waals surface area contributed by atoms with Crippen LogP contribution in [0.4, 0.5) is 0 Å². The lowest BCUT2D eigenvalue weighted by Crippen LogP contribution is -2.29. The number of ether oxygens (including phenoxy) is 1. The minimum atomic E-state index is -0.509. The molecule has 3 heteroatoms. The van der Waals surface area contributed by atoms with E-state index in [0.717, 1.165) is 5.57 Å². The van der Waals surface area contributed by atoms with Crippen molar-refractivity contribution in [2.75, 3.05) is 0 Å². The number of aliphatic hydroxyl groups excluding tert-OH is 1. The lowest BCUT2D eigenvalue weighted by atomic mass is 9.74. The summed E-state index contributed by atoms with van der Waals surface area (Å²) in [5.41, 5.74) is 0.395. The third-order valence-corrected chi connectivity index (χ3v) is 3.71. The summed E-state index contributed by atoms with van der Waals surface area (Å²) in [5.74, 6) is -0.345. The minimum Gasteiger partial charge on any atom is -0.461 e. The van der Waals surface area contributed by atoms with Gasteiger partial charge < -0.3 is 9.84 Å². The highest BCUT2D eigenvalue weighted by atomic mass is 16.6. The van der Waals surface area contributed by atoms with E-state index < -0.39 is 6.10 Å². The summed E-state index contributed by atoms with van der Waals surface area (Å²) in [5, 5.41) is 9.58. The van der Waals surface area contributed by atoms with E-state index in [4.69, 9.17) is 4.74 Å². The molecule has 4 atom stereocenters. The van der Waals surface area contributed by atoms with Crippen LogP contribution >= 0.6 is 0 Å². The molecule has 0 bridgehead atoms. The highest BCUT2D eigenvalue weighted by molar-refractivity contribution is 5.77. The lowest BCUT2D eigenvalue weighted by Gasteiger charge is -2.26. The fraction of sp³-hybridized carbons (Fsp3) is 0.700.